The molecule has 6 nitrogen and oxygen atoms in total. The van der Waals surface area contributed by atoms with Gasteiger partial charge < -0.3 is 4.74 Å². The number of likely N-dealkylation sites (tertiary alicyclic amines) is 1. The zero-order chi connectivity index (χ0) is 14.9. The highest BCUT2D eigenvalue weighted by molar-refractivity contribution is 7.89. The second-order valence-electron chi connectivity index (χ2n) is 5.89. The Morgan fingerprint density at radius 2 is 2.48 bits per heavy atom. The van der Waals surface area contributed by atoms with Crippen molar-refractivity contribution in [2.75, 3.05) is 38.6 Å². The molecule has 0 spiro atoms. The van der Waals surface area contributed by atoms with E-state index in [9.17, 15) is 8.42 Å². The average Bonchev–Trinajstić information content (AvgIpc) is 3.13. The maximum Gasteiger partial charge on any atom is 0.211 e. The van der Waals surface area contributed by atoms with Crippen LogP contribution in [-0.2, 0) is 21.3 Å². The maximum absolute atomic E-state index is 11.7. The molecule has 118 valence electrons. The Labute approximate surface area is 129 Å². The van der Waals surface area contributed by atoms with Gasteiger partial charge in [-0.2, -0.15) is 0 Å². The summed E-state index contributed by atoms with van der Waals surface area (Å²) in [6, 6.07) is 0. The van der Waals surface area contributed by atoms with Gasteiger partial charge in [-0.3, -0.25) is 4.90 Å². The fourth-order valence-electron chi connectivity index (χ4n) is 3.19. The van der Waals surface area contributed by atoms with Crippen molar-refractivity contribution in [1.29, 1.82) is 0 Å². The Balaban J connectivity index is 1.66. The molecular weight excluding hydrogens is 310 g/mol. The van der Waals surface area contributed by atoms with Gasteiger partial charge in [-0.25, -0.2) is 18.1 Å². The number of sulfonamides is 1. The lowest BCUT2D eigenvalue weighted by atomic mass is 9.81. The number of thiazole rings is 1. The van der Waals surface area contributed by atoms with Crippen molar-refractivity contribution in [2.24, 2.45) is 11.3 Å². The highest BCUT2D eigenvalue weighted by Crippen LogP contribution is 2.41. The van der Waals surface area contributed by atoms with Crippen molar-refractivity contribution in [2.45, 2.75) is 13.5 Å². The minimum atomic E-state index is -3.15. The molecule has 0 bridgehead atoms. The van der Waals surface area contributed by atoms with Gasteiger partial charge in [0, 0.05) is 42.5 Å². The van der Waals surface area contributed by atoms with E-state index in [0.717, 1.165) is 31.2 Å². The third kappa shape index (κ3) is 3.29. The Morgan fingerprint density at radius 3 is 3.19 bits per heavy atom. The first-order valence-electron chi connectivity index (χ1n) is 7.19. The number of fused-ring (bicyclic) bond motifs is 1. The number of hydrogen-bond donors (Lipinski definition) is 1. The fourth-order valence-corrected chi connectivity index (χ4v) is 4.56. The third-order valence-electron chi connectivity index (χ3n) is 4.46. The monoisotopic (exact) mass is 331 g/mol. The SMILES string of the molecule is CCS(=O)(=O)NC[C@@]12COC[C@@H]1CN(Cc1nccs1)C2. The first-order valence-corrected chi connectivity index (χ1v) is 9.72. The van der Waals surface area contributed by atoms with Crippen LogP contribution in [0.25, 0.3) is 0 Å². The van der Waals surface area contributed by atoms with Crippen molar-refractivity contribution in [3.05, 3.63) is 16.6 Å². The van der Waals surface area contributed by atoms with E-state index >= 15 is 0 Å². The van der Waals surface area contributed by atoms with Gasteiger partial charge in [0.15, 0.2) is 0 Å². The summed E-state index contributed by atoms with van der Waals surface area (Å²) in [5.41, 5.74) is -0.0838. The molecule has 0 aliphatic carbocycles. The molecule has 1 aromatic heterocycles. The van der Waals surface area contributed by atoms with Gasteiger partial charge in [-0.15, -0.1) is 11.3 Å². The van der Waals surface area contributed by atoms with E-state index in [-0.39, 0.29) is 11.2 Å². The van der Waals surface area contributed by atoms with Crippen LogP contribution in [0.2, 0.25) is 0 Å². The van der Waals surface area contributed by atoms with Gasteiger partial charge in [-0.05, 0) is 6.92 Å². The van der Waals surface area contributed by atoms with Crippen LogP contribution < -0.4 is 4.72 Å². The van der Waals surface area contributed by atoms with Gasteiger partial charge in [0.05, 0.1) is 25.5 Å². The van der Waals surface area contributed by atoms with Crippen LogP contribution in [0.15, 0.2) is 11.6 Å². The topological polar surface area (TPSA) is 71.5 Å². The van der Waals surface area contributed by atoms with E-state index in [2.05, 4.69) is 14.6 Å². The first-order chi connectivity index (χ1) is 10.0. The Morgan fingerprint density at radius 1 is 1.62 bits per heavy atom. The van der Waals surface area contributed by atoms with Crippen LogP contribution in [0.3, 0.4) is 0 Å². The van der Waals surface area contributed by atoms with Gasteiger partial charge in [0.2, 0.25) is 10.0 Å². The summed E-state index contributed by atoms with van der Waals surface area (Å²) in [5, 5.41) is 3.10. The van der Waals surface area contributed by atoms with Gasteiger partial charge in [-0.1, -0.05) is 0 Å². The van der Waals surface area contributed by atoms with Crippen molar-refractivity contribution in [1.82, 2.24) is 14.6 Å². The highest BCUT2D eigenvalue weighted by Gasteiger charge is 2.50. The average molecular weight is 331 g/mol. The van der Waals surface area contributed by atoms with Crippen LogP contribution in [0.4, 0.5) is 0 Å². The molecule has 8 heteroatoms. The molecule has 1 aromatic rings. The van der Waals surface area contributed by atoms with E-state index in [1.807, 2.05) is 11.6 Å². The molecule has 3 rings (SSSR count). The lowest BCUT2D eigenvalue weighted by Crippen LogP contribution is -2.43. The Hall–Kier alpha value is -0.540. The zero-order valence-corrected chi connectivity index (χ0v) is 13.8. The molecule has 0 saturated carbocycles. The lowest BCUT2D eigenvalue weighted by molar-refractivity contribution is 0.128. The molecule has 2 aliphatic heterocycles. The van der Waals surface area contributed by atoms with Crippen LogP contribution in [0.1, 0.15) is 11.9 Å². The first kappa shape index (κ1) is 15.4. The molecule has 2 saturated heterocycles. The molecule has 1 N–H and O–H groups in total. The number of ether oxygens (including phenoxy) is 1. The van der Waals surface area contributed by atoms with Crippen molar-refractivity contribution >= 4 is 21.4 Å². The summed E-state index contributed by atoms with van der Waals surface area (Å²) in [4.78, 5) is 6.70. The summed E-state index contributed by atoms with van der Waals surface area (Å²) in [6.07, 6.45) is 1.82. The van der Waals surface area contributed by atoms with E-state index in [1.165, 1.54) is 0 Å². The van der Waals surface area contributed by atoms with Gasteiger partial charge >= 0.3 is 0 Å². The Kier molecular flexibility index (Phi) is 4.33. The second kappa shape index (κ2) is 5.92. The second-order valence-corrected chi connectivity index (χ2v) is 8.97. The third-order valence-corrected chi connectivity index (χ3v) is 6.57. The van der Waals surface area contributed by atoms with Crippen molar-refractivity contribution in [3.63, 3.8) is 0 Å². The highest BCUT2D eigenvalue weighted by atomic mass is 32.2. The Bertz CT molecular complexity index is 575. The minimum absolute atomic E-state index is 0.0838. The number of nitrogens with zero attached hydrogens (tertiary/aromatic N) is 2. The zero-order valence-electron chi connectivity index (χ0n) is 12.1. The van der Waals surface area contributed by atoms with E-state index in [4.69, 9.17) is 4.74 Å². The van der Waals surface area contributed by atoms with Crippen LogP contribution >= 0.6 is 11.3 Å². The predicted molar refractivity (Wildman–Crippen MR) is 81.6 cm³/mol. The number of rotatable bonds is 6. The lowest BCUT2D eigenvalue weighted by Gasteiger charge is -2.27. The summed E-state index contributed by atoms with van der Waals surface area (Å²) >= 11 is 1.66. The smallest absolute Gasteiger partial charge is 0.211 e. The standard InChI is InChI=1S/C13H21N3O3S2/c1-2-21(17,18)15-8-13-9-16(5-11(13)7-19-10-13)6-12-14-3-4-20-12/h3-4,11,15H,2,5-10H2,1H3/t11-,13+/m0/s1. The molecule has 2 atom stereocenters. The molecular formula is C13H21N3O3S2. The van der Waals surface area contributed by atoms with E-state index < -0.39 is 10.0 Å². The van der Waals surface area contributed by atoms with Crippen LogP contribution in [-0.4, -0.2) is 56.9 Å². The molecule has 0 amide bonds. The molecule has 2 aliphatic rings. The summed E-state index contributed by atoms with van der Waals surface area (Å²) in [7, 11) is -3.15. The summed E-state index contributed by atoms with van der Waals surface area (Å²) in [5.74, 6) is 0.522. The van der Waals surface area contributed by atoms with Gasteiger partial charge in [0.1, 0.15) is 5.01 Å². The number of hydrogen-bond acceptors (Lipinski definition) is 6. The maximum atomic E-state index is 11.7. The number of nitrogens with one attached hydrogen (secondary N) is 1. The molecule has 0 radical (unpaired) electrons. The van der Waals surface area contributed by atoms with Crippen molar-refractivity contribution < 1.29 is 13.2 Å². The summed E-state index contributed by atoms with van der Waals surface area (Å²) < 4.78 is 31.8. The van der Waals surface area contributed by atoms with Crippen molar-refractivity contribution in [3.8, 4) is 0 Å². The quantitative estimate of drug-likeness (QED) is 0.823. The molecule has 21 heavy (non-hydrogen) atoms. The van der Waals surface area contributed by atoms with Crippen LogP contribution in [0.5, 0.6) is 0 Å². The number of aromatic nitrogens is 1. The van der Waals surface area contributed by atoms with Crippen LogP contribution in [0, 0.1) is 11.3 Å². The fraction of sp³-hybridized carbons (Fsp3) is 0.769. The molecule has 0 aromatic carbocycles. The molecule has 0 unspecified atom stereocenters. The van der Waals surface area contributed by atoms with Gasteiger partial charge in [0.25, 0.3) is 0 Å². The van der Waals surface area contributed by atoms with E-state index in [0.29, 0.717) is 19.1 Å². The minimum Gasteiger partial charge on any atom is -0.380 e. The normalized spacial score (nSPS) is 29.9. The molecule has 2 fully saturated rings. The largest absolute Gasteiger partial charge is 0.380 e. The molecule has 3 heterocycles. The predicted octanol–water partition coefficient (Wildman–Crippen LogP) is 0.531. The van der Waals surface area contributed by atoms with E-state index in [1.54, 1.807) is 18.3 Å². The summed E-state index contributed by atoms with van der Waals surface area (Å²) in [6.45, 7) is 6.15.